The summed E-state index contributed by atoms with van der Waals surface area (Å²) in [6, 6.07) is -1.03. The maximum absolute atomic E-state index is 11.6. The maximum atomic E-state index is 11.6. The second-order valence-electron chi connectivity index (χ2n) is 4.78. The fourth-order valence-electron chi connectivity index (χ4n) is 2.01. The third kappa shape index (κ3) is 4.24. The Morgan fingerprint density at radius 2 is 2.00 bits per heavy atom. The van der Waals surface area contributed by atoms with Crippen LogP contribution in [0.4, 0.5) is 4.79 Å². The maximum Gasteiger partial charge on any atom is 0.326 e. The topological polar surface area (TPSA) is 78.4 Å². The summed E-state index contributed by atoms with van der Waals surface area (Å²) in [6.07, 6.45) is 4.72. The van der Waals surface area contributed by atoms with Crippen molar-refractivity contribution in [3.63, 3.8) is 0 Å². The summed E-state index contributed by atoms with van der Waals surface area (Å²) in [6.45, 7) is 3.87. The molecule has 1 rings (SSSR count). The van der Waals surface area contributed by atoms with E-state index in [1.807, 2.05) is 13.8 Å². The van der Waals surface area contributed by atoms with Gasteiger partial charge in [-0.2, -0.15) is 0 Å². The molecule has 5 heteroatoms. The minimum absolute atomic E-state index is 0.125. The minimum Gasteiger partial charge on any atom is -0.480 e. The van der Waals surface area contributed by atoms with E-state index in [0.29, 0.717) is 12.3 Å². The van der Waals surface area contributed by atoms with Crippen molar-refractivity contribution in [2.45, 2.75) is 58.0 Å². The van der Waals surface area contributed by atoms with Crippen LogP contribution in [0.25, 0.3) is 0 Å². The highest BCUT2D eigenvalue weighted by atomic mass is 16.4. The molecule has 17 heavy (non-hydrogen) atoms. The molecule has 2 atom stereocenters. The number of hydrogen-bond acceptors (Lipinski definition) is 2. The third-order valence-electron chi connectivity index (χ3n) is 3.40. The molecule has 0 aromatic carbocycles. The van der Waals surface area contributed by atoms with Crippen LogP contribution in [-0.2, 0) is 4.79 Å². The summed E-state index contributed by atoms with van der Waals surface area (Å²) in [5, 5.41) is 14.2. The summed E-state index contributed by atoms with van der Waals surface area (Å²) in [5.74, 6) is -0.423. The molecule has 0 aromatic rings. The number of nitrogens with one attached hydrogen (secondary N) is 2. The highest BCUT2D eigenvalue weighted by Gasteiger charge is 2.26. The first-order valence-electron chi connectivity index (χ1n) is 6.34. The Hall–Kier alpha value is -1.26. The van der Waals surface area contributed by atoms with Gasteiger partial charge in [0.25, 0.3) is 0 Å². The summed E-state index contributed by atoms with van der Waals surface area (Å²) >= 11 is 0. The zero-order chi connectivity index (χ0) is 12.8. The first-order chi connectivity index (χ1) is 8.04. The molecular formula is C12H22N2O3. The van der Waals surface area contributed by atoms with Gasteiger partial charge in [-0.3, -0.25) is 0 Å². The first kappa shape index (κ1) is 13.8. The number of rotatable bonds is 6. The number of hydrogen-bond donors (Lipinski definition) is 3. The average molecular weight is 242 g/mol. The van der Waals surface area contributed by atoms with E-state index in [2.05, 4.69) is 10.6 Å². The Morgan fingerprint density at radius 3 is 2.41 bits per heavy atom. The van der Waals surface area contributed by atoms with Gasteiger partial charge in [0.15, 0.2) is 0 Å². The molecule has 1 fully saturated rings. The van der Waals surface area contributed by atoms with Crippen molar-refractivity contribution >= 4 is 12.0 Å². The number of aliphatic carboxylic acids is 1. The van der Waals surface area contributed by atoms with E-state index in [9.17, 15) is 9.59 Å². The van der Waals surface area contributed by atoms with Crippen molar-refractivity contribution in [3.8, 4) is 0 Å². The Bertz CT molecular complexity index is 277. The van der Waals surface area contributed by atoms with Gasteiger partial charge in [0.2, 0.25) is 0 Å². The number of urea groups is 1. The standard InChI is InChI=1S/C12H22N2O3/c1-3-5-10(11(15)16)14-12(17)13-8(2)9-6-4-7-9/h8-10H,3-7H2,1-2H3,(H,15,16)(H2,13,14,17). The normalized spacial score (nSPS) is 18.9. The number of carbonyl (C=O) groups excluding carboxylic acids is 1. The first-order valence-corrected chi connectivity index (χ1v) is 6.34. The van der Waals surface area contributed by atoms with Gasteiger partial charge in [0.05, 0.1) is 0 Å². The van der Waals surface area contributed by atoms with Crippen LogP contribution in [-0.4, -0.2) is 29.2 Å². The quantitative estimate of drug-likeness (QED) is 0.663. The molecule has 0 spiro atoms. The molecule has 0 radical (unpaired) electrons. The van der Waals surface area contributed by atoms with Crippen LogP contribution in [0, 0.1) is 5.92 Å². The summed E-state index contributed by atoms with van der Waals surface area (Å²) in [5.41, 5.74) is 0. The van der Waals surface area contributed by atoms with Crippen LogP contribution < -0.4 is 10.6 Å². The van der Waals surface area contributed by atoms with Crippen molar-refractivity contribution in [1.29, 1.82) is 0 Å². The zero-order valence-corrected chi connectivity index (χ0v) is 10.5. The highest BCUT2D eigenvalue weighted by molar-refractivity contribution is 5.82. The molecule has 0 aromatic heterocycles. The Kier molecular flexibility index (Phi) is 5.25. The summed E-state index contributed by atoms with van der Waals surface area (Å²) in [7, 11) is 0. The molecular weight excluding hydrogens is 220 g/mol. The van der Waals surface area contributed by atoms with Crippen molar-refractivity contribution < 1.29 is 14.7 Å². The molecule has 0 aliphatic heterocycles. The second kappa shape index (κ2) is 6.47. The fourth-order valence-corrected chi connectivity index (χ4v) is 2.01. The van der Waals surface area contributed by atoms with E-state index < -0.39 is 12.0 Å². The van der Waals surface area contributed by atoms with Gasteiger partial charge in [-0.25, -0.2) is 9.59 Å². The van der Waals surface area contributed by atoms with E-state index in [-0.39, 0.29) is 12.1 Å². The Labute approximate surface area is 102 Å². The third-order valence-corrected chi connectivity index (χ3v) is 3.40. The van der Waals surface area contributed by atoms with Gasteiger partial charge in [0.1, 0.15) is 6.04 Å². The molecule has 1 aliphatic carbocycles. The molecule has 0 heterocycles. The van der Waals surface area contributed by atoms with Crippen LogP contribution in [0.3, 0.4) is 0 Å². The van der Waals surface area contributed by atoms with E-state index in [0.717, 1.165) is 19.3 Å². The molecule has 2 unspecified atom stereocenters. The number of carbonyl (C=O) groups is 2. The number of carboxylic acids is 1. The molecule has 5 nitrogen and oxygen atoms in total. The molecule has 1 aliphatic rings. The molecule has 0 saturated heterocycles. The van der Waals surface area contributed by atoms with Gasteiger partial charge >= 0.3 is 12.0 Å². The molecule has 1 saturated carbocycles. The van der Waals surface area contributed by atoms with Gasteiger partial charge in [-0.15, -0.1) is 0 Å². The fraction of sp³-hybridized carbons (Fsp3) is 0.833. The lowest BCUT2D eigenvalue weighted by molar-refractivity contribution is -0.139. The van der Waals surface area contributed by atoms with Crippen molar-refractivity contribution in [1.82, 2.24) is 10.6 Å². The number of amides is 2. The van der Waals surface area contributed by atoms with Crippen LogP contribution in [0.15, 0.2) is 0 Å². The lowest BCUT2D eigenvalue weighted by atomic mass is 9.80. The predicted octanol–water partition coefficient (Wildman–Crippen LogP) is 1.73. The van der Waals surface area contributed by atoms with Crippen molar-refractivity contribution in [2.75, 3.05) is 0 Å². The Balaban J connectivity index is 2.33. The van der Waals surface area contributed by atoms with E-state index in [4.69, 9.17) is 5.11 Å². The van der Waals surface area contributed by atoms with Crippen molar-refractivity contribution in [3.05, 3.63) is 0 Å². The average Bonchev–Trinajstić information content (AvgIpc) is 2.13. The van der Waals surface area contributed by atoms with Crippen LogP contribution in [0.2, 0.25) is 0 Å². The zero-order valence-electron chi connectivity index (χ0n) is 10.5. The minimum atomic E-state index is -0.974. The van der Waals surface area contributed by atoms with Gasteiger partial charge in [0, 0.05) is 6.04 Å². The second-order valence-corrected chi connectivity index (χ2v) is 4.78. The SMILES string of the molecule is CCCC(NC(=O)NC(C)C1CCC1)C(=O)O. The summed E-state index contributed by atoms with van der Waals surface area (Å²) in [4.78, 5) is 22.5. The van der Waals surface area contributed by atoms with Gasteiger partial charge in [-0.1, -0.05) is 19.8 Å². The predicted molar refractivity (Wildman–Crippen MR) is 64.8 cm³/mol. The van der Waals surface area contributed by atoms with Gasteiger partial charge in [-0.05, 0) is 32.1 Å². The summed E-state index contributed by atoms with van der Waals surface area (Å²) < 4.78 is 0. The highest BCUT2D eigenvalue weighted by Crippen LogP contribution is 2.29. The van der Waals surface area contributed by atoms with Crippen LogP contribution >= 0.6 is 0 Å². The molecule has 98 valence electrons. The van der Waals surface area contributed by atoms with Gasteiger partial charge < -0.3 is 15.7 Å². The molecule has 3 N–H and O–H groups in total. The lowest BCUT2D eigenvalue weighted by Gasteiger charge is -2.32. The Morgan fingerprint density at radius 1 is 1.35 bits per heavy atom. The van der Waals surface area contributed by atoms with Crippen molar-refractivity contribution in [2.24, 2.45) is 5.92 Å². The molecule has 2 amide bonds. The van der Waals surface area contributed by atoms with Crippen LogP contribution in [0.1, 0.15) is 46.0 Å². The monoisotopic (exact) mass is 242 g/mol. The largest absolute Gasteiger partial charge is 0.480 e. The number of carboxylic acid groups (broad SMARTS) is 1. The molecule has 0 bridgehead atoms. The lowest BCUT2D eigenvalue weighted by Crippen LogP contribution is -2.50. The van der Waals surface area contributed by atoms with E-state index in [1.54, 1.807) is 0 Å². The van der Waals surface area contributed by atoms with E-state index >= 15 is 0 Å². The van der Waals surface area contributed by atoms with E-state index in [1.165, 1.54) is 6.42 Å². The smallest absolute Gasteiger partial charge is 0.326 e. The van der Waals surface area contributed by atoms with Crippen LogP contribution in [0.5, 0.6) is 0 Å².